The Morgan fingerprint density at radius 2 is 1.35 bits per heavy atom. The van der Waals surface area contributed by atoms with Gasteiger partial charge in [-0.25, -0.2) is 0 Å². The Morgan fingerprint density at radius 3 is 1.81 bits per heavy atom. The van der Waals surface area contributed by atoms with Gasteiger partial charge in [0.15, 0.2) is 0 Å². The minimum absolute atomic E-state index is 0.486. The molecule has 1 heterocycles. The van der Waals surface area contributed by atoms with Crippen LogP contribution in [0.3, 0.4) is 0 Å². The van der Waals surface area contributed by atoms with Crippen LogP contribution in [0.15, 0.2) is 85.2 Å². The van der Waals surface area contributed by atoms with Gasteiger partial charge in [-0.1, -0.05) is 66.7 Å². The van der Waals surface area contributed by atoms with Gasteiger partial charge >= 0.3 is 0 Å². The SMILES string of the molecule is O=P(CCc1ccccc1)(CCc1ccccc1)C(O)c1cccnc1. The first-order valence-electron chi connectivity index (χ1n) is 8.91. The van der Waals surface area contributed by atoms with Gasteiger partial charge < -0.3 is 9.67 Å². The summed E-state index contributed by atoms with van der Waals surface area (Å²) in [5, 5.41) is 10.9. The summed E-state index contributed by atoms with van der Waals surface area (Å²) < 4.78 is 13.8. The molecule has 1 atom stereocenters. The second kappa shape index (κ2) is 8.93. The Hall–Kier alpha value is -2.22. The zero-order valence-corrected chi connectivity index (χ0v) is 15.6. The van der Waals surface area contributed by atoms with E-state index in [2.05, 4.69) is 4.98 Å². The summed E-state index contributed by atoms with van der Waals surface area (Å²) in [4.78, 5) is 4.07. The number of aryl methyl sites for hydroxylation is 2. The van der Waals surface area contributed by atoms with E-state index in [4.69, 9.17) is 0 Å². The molecule has 0 bridgehead atoms. The monoisotopic (exact) mass is 365 g/mol. The maximum Gasteiger partial charge on any atom is 0.133 e. The second-order valence-electron chi connectivity index (χ2n) is 6.53. The number of aliphatic hydroxyl groups is 1. The van der Waals surface area contributed by atoms with Crippen molar-refractivity contribution in [2.75, 3.05) is 12.3 Å². The molecule has 1 N–H and O–H groups in total. The average molecular weight is 365 g/mol. The number of aliphatic hydroxyl groups excluding tert-OH is 1. The molecular formula is C22H24NO2P. The highest BCUT2D eigenvalue weighted by atomic mass is 31.2. The van der Waals surface area contributed by atoms with Crippen molar-refractivity contribution in [3.05, 3.63) is 102 Å². The van der Waals surface area contributed by atoms with E-state index in [0.29, 0.717) is 30.7 Å². The van der Waals surface area contributed by atoms with Crippen LogP contribution in [0.4, 0.5) is 0 Å². The first-order chi connectivity index (χ1) is 12.7. The lowest BCUT2D eigenvalue weighted by Gasteiger charge is -2.24. The number of aromatic nitrogens is 1. The van der Waals surface area contributed by atoms with E-state index in [0.717, 1.165) is 11.1 Å². The molecule has 0 aliphatic carbocycles. The van der Waals surface area contributed by atoms with Gasteiger partial charge in [0.1, 0.15) is 13.0 Å². The lowest BCUT2D eigenvalue weighted by molar-refractivity contribution is 0.252. The number of benzene rings is 2. The van der Waals surface area contributed by atoms with Crippen molar-refractivity contribution < 1.29 is 9.67 Å². The Labute approximate surface area is 155 Å². The Bertz CT molecular complexity index is 790. The largest absolute Gasteiger partial charge is 0.381 e. The van der Waals surface area contributed by atoms with Gasteiger partial charge in [-0.2, -0.15) is 0 Å². The average Bonchev–Trinajstić information content (AvgIpc) is 2.72. The molecule has 1 aromatic heterocycles. The van der Waals surface area contributed by atoms with Crippen molar-refractivity contribution >= 4 is 7.14 Å². The normalized spacial score (nSPS) is 12.7. The first kappa shape index (κ1) is 18.6. The standard InChI is InChI=1S/C22H24NO2P/c24-22(21-12-7-15-23-18-21)26(25,16-13-19-8-3-1-4-9-19)17-14-20-10-5-2-6-11-20/h1-12,15,18,22,24H,13-14,16-17H2. The van der Waals surface area contributed by atoms with Crippen LogP contribution in [0, 0.1) is 0 Å². The summed E-state index contributed by atoms with van der Waals surface area (Å²) >= 11 is 0. The molecule has 0 saturated heterocycles. The molecule has 0 amide bonds. The Kier molecular flexibility index (Phi) is 6.38. The summed E-state index contributed by atoms with van der Waals surface area (Å²) in [6.07, 6.45) is 5.64. The molecule has 0 aliphatic heterocycles. The van der Waals surface area contributed by atoms with Gasteiger partial charge in [0.2, 0.25) is 0 Å². The molecule has 1 unspecified atom stereocenters. The van der Waals surface area contributed by atoms with Crippen LogP contribution in [0.2, 0.25) is 0 Å². The van der Waals surface area contributed by atoms with Crippen molar-refractivity contribution in [3.8, 4) is 0 Å². The van der Waals surface area contributed by atoms with Crippen molar-refractivity contribution in [1.29, 1.82) is 0 Å². The van der Waals surface area contributed by atoms with E-state index in [1.807, 2.05) is 60.7 Å². The van der Waals surface area contributed by atoms with E-state index in [1.54, 1.807) is 24.5 Å². The quantitative estimate of drug-likeness (QED) is 0.577. The molecule has 3 aromatic rings. The van der Waals surface area contributed by atoms with Crippen molar-refractivity contribution in [2.45, 2.75) is 18.7 Å². The van der Waals surface area contributed by atoms with Crippen LogP contribution in [0.25, 0.3) is 0 Å². The molecule has 0 spiro atoms. The van der Waals surface area contributed by atoms with E-state index in [9.17, 15) is 9.67 Å². The van der Waals surface area contributed by atoms with Gasteiger partial charge in [0.25, 0.3) is 0 Å². The summed E-state index contributed by atoms with van der Waals surface area (Å²) in [7, 11) is -2.85. The summed E-state index contributed by atoms with van der Waals surface area (Å²) in [5.74, 6) is -0.969. The van der Waals surface area contributed by atoms with Gasteiger partial charge in [0.05, 0.1) is 0 Å². The van der Waals surface area contributed by atoms with Crippen LogP contribution in [0.5, 0.6) is 0 Å². The zero-order chi connectivity index (χ0) is 18.2. The molecule has 4 heteroatoms. The van der Waals surface area contributed by atoms with Crippen LogP contribution < -0.4 is 0 Å². The molecule has 2 aromatic carbocycles. The predicted octanol–water partition coefficient (Wildman–Crippen LogP) is 4.92. The van der Waals surface area contributed by atoms with E-state index < -0.39 is 13.0 Å². The molecule has 0 aliphatic rings. The number of nitrogens with zero attached hydrogens (tertiary/aromatic N) is 1. The van der Waals surface area contributed by atoms with Crippen molar-refractivity contribution in [1.82, 2.24) is 4.98 Å². The third-order valence-electron chi connectivity index (χ3n) is 4.67. The van der Waals surface area contributed by atoms with E-state index >= 15 is 0 Å². The molecular weight excluding hydrogens is 341 g/mol. The minimum Gasteiger partial charge on any atom is -0.381 e. The maximum absolute atomic E-state index is 13.8. The molecule has 0 fully saturated rings. The van der Waals surface area contributed by atoms with Gasteiger partial charge in [-0.3, -0.25) is 4.98 Å². The highest BCUT2D eigenvalue weighted by molar-refractivity contribution is 7.64. The topological polar surface area (TPSA) is 50.2 Å². The highest BCUT2D eigenvalue weighted by Gasteiger charge is 2.32. The summed E-state index contributed by atoms with van der Waals surface area (Å²) in [6, 6.07) is 23.6. The van der Waals surface area contributed by atoms with Crippen molar-refractivity contribution in [2.24, 2.45) is 0 Å². The van der Waals surface area contributed by atoms with Crippen molar-refractivity contribution in [3.63, 3.8) is 0 Å². The van der Waals surface area contributed by atoms with Crippen LogP contribution in [-0.2, 0) is 17.4 Å². The maximum atomic E-state index is 13.8. The van der Waals surface area contributed by atoms with Gasteiger partial charge in [0, 0.05) is 30.3 Å². The molecule has 134 valence electrons. The van der Waals surface area contributed by atoms with Crippen LogP contribution in [-0.4, -0.2) is 22.4 Å². The third kappa shape index (κ3) is 4.91. The van der Waals surface area contributed by atoms with Crippen LogP contribution >= 0.6 is 7.14 Å². The summed E-state index contributed by atoms with van der Waals surface area (Å²) in [5.41, 5.74) is 2.92. The Balaban J connectivity index is 1.78. The molecule has 26 heavy (non-hydrogen) atoms. The molecule has 3 nitrogen and oxygen atoms in total. The smallest absolute Gasteiger partial charge is 0.133 e. The van der Waals surface area contributed by atoms with Crippen LogP contribution in [0.1, 0.15) is 22.5 Å². The lowest BCUT2D eigenvalue weighted by Crippen LogP contribution is -2.10. The fourth-order valence-electron chi connectivity index (χ4n) is 3.08. The number of pyridine rings is 1. The summed E-state index contributed by atoms with van der Waals surface area (Å²) in [6.45, 7) is 0. The number of hydrogen-bond acceptors (Lipinski definition) is 3. The predicted molar refractivity (Wildman–Crippen MR) is 107 cm³/mol. The fourth-order valence-corrected chi connectivity index (χ4v) is 5.77. The number of rotatable bonds is 8. The third-order valence-corrected chi connectivity index (χ3v) is 7.82. The Morgan fingerprint density at radius 1 is 0.808 bits per heavy atom. The first-order valence-corrected chi connectivity index (χ1v) is 11.1. The van der Waals surface area contributed by atoms with E-state index in [-0.39, 0.29) is 0 Å². The lowest BCUT2D eigenvalue weighted by atomic mass is 10.2. The highest BCUT2D eigenvalue weighted by Crippen LogP contribution is 2.58. The molecule has 0 saturated carbocycles. The van der Waals surface area contributed by atoms with E-state index in [1.165, 1.54) is 0 Å². The molecule has 3 rings (SSSR count). The van der Waals surface area contributed by atoms with Gasteiger partial charge in [-0.15, -0.1) is 0 Å². The molecule has 0 radical (unpaired) electrons. The fraction of sp³-hybridized carbons (Fsp3) is 0.227. The minimum atomic E-state index is -2.85. The van der Waals surface area contributed by atoms with Gasteiger partial charge in [-0.05, 0) is 30.0 Å². The zero-order valence-electron chi connectivity index (χ0n) is 14.7. The second-order valence-corrected chi connectivity index (χ2v) is 9.82. The number of hydrogen-bond donors (Lipinski definition) is 1.